The molecule has 2 aromatic carbocycles. The summed E-state index contributed by atoms with van der Waals surface area (Å²) in [7, 11) is 0. The Morgan fingerprint density at radius 3 is 2.41 bits per heavy atom. The zero-order chi connectivity index (χ0) is 19.9. The van der Waals surface area contributed by atoms with Crippen LogP contribution in [-0.4, -0.2) is 36.0 Å². The summed E-state index contributed by atoms with van der Waals surface area (Å²) in [4.78, 5) is 23.5. The number of rotatable bonds is 8. The normalized spacial score (nSPS) is 12.9. The molecular weight excluding hydrogens is 413 g/mol. The van der Waals surface area contributed by atoms with E-state index >= 15 is 0 Å². The molecule has 1 unspecified atom stereocenters. The first kappa shape index (κ1) is 21.5. The fourth-order valence-corrected chi connectivity index (χ4v) is 2.78. The van der Waals surface area contributed by atoms with E-state index in [-0.39, 0.29) is 30.5 Å². The van der Waals surface area contributed by atoms with Crippen LogP contribution in [0.5, 0.6) is 0 Å². The number of amides is 1. The highest BCUT2D eigenvalue weighted by Crippen LogP contribution is 2.31. The molecule has 1 atom stereocenters. The number of nitrogens with one attached hydrogen (secondary N) is 1. The summed E-state index contributed by atoms with van der Waals surface area (Å²) in [6.45, 7) is -0.194. The highest BCUT2D eigenvalue weighted by atomic mass is 35.5. The first-order valence-electron chi connectivity index (χ1n) is 8.08. The third kappa shape index (κ3) is 6.11. The maximum atomic E-state index is 12.0. The topological polar surface area (TPSA) is 75.6 Å². The Kier molecular flexibility index (Phi) is 7.92. The van der Waals surface area contributed by atoms with E-state index in [1.54, 1.807) is 42.5 Å². The molecule has 0 aliphatic carbocycles. The summed E-state index contributed by atoms with van der Waals surface area (Å²) in [6.07, 6.45) is 0.0338. The number of alkyl halides is 1. The van der Waals surface area contributed by atoms with Gasteiger partial charge in [-0.2, -0.15) is 0 Å². The minimum absolute atomic E-state index is 0.0338. The molecular formula is C19H18Cl3NO4. The van der Waals surface area contributed by atoms with E-state index in [0.717, 1.165) is 0 Å². The molecule has 0 radical (unpaired) electrons. The molecule has 5 nitrogen and oxygen atoms in total. The Morgan fingerprint density at radius 2 is 1.78 bits per heavy atom. The SMILES string of the molecule is O=C(CCl)NCC(O)(CCOC(=O)c1ccccc1)c1ccc(Cl)c(Cl)c1. The van der Waals surface area contributed by atoms with Gasteiger partial charge in [-0.25, -0.2) is 4.79 Å². The fraction of sp³-hybridized carbons (Fsp3) is 0.263. The molecule has 0 aromatic heterocycles. The number of hydrogen-bond acceptors (Lipinski definition) is 4. The molecule has 0 saturated carbocycles. The Morgan fingerprint density at radius 1 is 1.07 bits per heavy atom. The van der Waals surface area contributed by atoms with Crippen molar-refractivity contribution in [1.29, 1.82) is 0 Å². The summed E-state index contributed by atoms with van der Waals surface area (Å²) in [5.74, 6) is -1.17. The van der Waals surface area contributed by atoms with Gasteiger partial charge in [-0.05, 0) is 29.8 Å². The van der Waals surface area contributed by atoms with Crippen LogP contribution in [0.25, 0.3) is 0 Å². The van der Waals surface area contributed by atoms with Crippen molar-refractivity contribution in [3.63, 3.8) is 0 Å². The zero-order valence-corrected chi connectivity index (χ0v) is 16.5. The molecule has 0 fully saturated rings. The zero-order valence-electron chi connectivity index (χ0n) is 14.3. The number of esters is 1. The highest BCUT2D eigenvalue weighted by molar-refractivity contribution is 6.42. The van der Waals surface area contributed by atoms with Gasteiger partial charge in [0, 0.05) is 6.42 Å². The summed E-state index contributed by atoms with van der Waals surface area (Å²) < 4.78 is 5.24. The molecule has 8 heteroatoms. The van der Waals surface area contributed by atoms with Crippen LogP contribution in [-0.2, 0) is 15.1 Å². The van der Waals surface area contributed by atoms with Gasteiger partial charge >= 0.3 is 5.97 Å². The lowest BCUT2D eigenvalue weighted by atomic mass is 9.90. The van der Waals surface area contributed by atoms with Gasteiger partial charge in [0.15, 0.2) is 0 Å². The van der Waals surface area contributed by atoms with Gasteiger partial charge in [-0.1, -0.05) is 47.5 Å². The number of benzene rings is 2. The van der Waals surface area contributed by atoms with E-state index in [0.29, 0.717) is 16.1 Å². The van der Waals surface area contributed by atoms with Crippen molar-refractivity contribution >= 4 is 46.7 Å². The monoisotopic (exact) mass is 429 g/mol. The lowest BCUT2D eigenvalue weighted by Crippen LogP contribution is -2.42. The second kappa shape index (κ2) is 9.95. The van der Waals surface area contributed by atoms with Crippen LogP contribution in [0.1, 0.15) is 22.3 Å². The Balaban J connectivity index is 2.10. The fourth-order valence-electron chi connectivity index (χ4n) is 2.38. The third-order valence-corrected chi connectivity index (χ3v) is 4.90. The van der Waals surface area contributed by atoms with E-state index in [1.165, 1.54) is 6.07 Å². The van der Waals surface area contributed by atoms with Crippen molar-refractivity contribution in [3.8, 4) is 0 Å². The van der Waals surface area contributed by atoms with E-state index in [2.05, 4.69) is 5.32 Å². The number of carbonyl (C=O) groups is 2. The van der Waals surface area contributed by atoms with Crippen LogP contribution in [0.15, 0.2) is 48.5 Å². The average Bonchev–Trinajstić information content (AvgIpc) is 2.68. The van der Waals surface area contributed by atoms with Gasteiger partial charge in [-0.15, -0.1) is 11.6 Å². The summed E-state index contributed by atoms with van der Waals surface area (Å²) in [5.41, 5.74) is -0.680. The lowest BCUT2D eigenvalue weighted by Gasteiger charge is -2.29. The average molecular weight is 431 g/mol. The van der Waals surface area contributed by atoms with Crippen LogP contribution in [0.4, 0.5) is 0 Å². The van der Waals surface area contributed by atoms with Gasteiger partial charge < -0.3 is 15.2 Å². The van der Waals surface area contributed by atoms with E-state index in [1.807, 2.05) is 0 Å². The van der Waals surface area contributed by atoms with Crippen LogP contribution in [0.3, 0.4) is 0 Å². The van der Waals surface area contributed by atoms with Crippen LogP contribution >= 0.6 is 34.8 Å². The van der Waals surface area contributed by atoms with Crippen LogP contribution in [0.2, 0.25) is 10.0 Å². The molecule has 144 valence electrons. The number of carbonyl (C=O) groups excluding carboxylic acids is 2. The number of ether oxygens (including phenoxy) is 1. The van der Waals surface area contributed by atoms with Crippen LogP contribution < -0.4 is 5.32 Å². The van der Waals surface area contributed by atoms with Crippen molar-refractivity contribution in [2.75, 3.05) is 19.0 Å². The minimum atomic E-state index is -1.52. The van der Waals surface area contributed by atoms with Crippen LogP contribution in [0, 0.1) is 0 Å². The standard InChI is InChI=1S/C19H18Cl3NO4/c20-11-17(24)23-12-19(26,14-6-7-15(21)16(22)10-14)8-9-27-18(25)13-4-2-1-3-5-13/h1-7,10,26H,8-9,11-12H2,(H,23,24). The molecule has 0 bridgehead atoms. The number of halogens is 3. The number of hydrogen-bond donors (Lipinski definition) is 2. The summed E-state index contributed by atoms with van der Waals surface area (Å²) in [6, 6.07) is 13.2. The lowest BCUT2D eigenvalue weighted by molar-refractivity contribution is -0.120. The molecule has 0 aliphatic heterocycles. The quantitative estimate of drug-likeness (QED) is 0.493. The smallest absolute Gasteiger partial charge is 0.338 e. The van der Waals surface area contributed by atoms with E-state index in [4.69, 9.17) is 39.5 Å². The first-order chi connectivity index (χ1) is 12.9. The van der Waals surface area contributed by atoms with Crippen molar-refractivity contribution < 1.29 is 19.4 Å². The third-order valence-electron chi connectivity index (χ3n) is 3.91. The van der Waals surface area contributed by atoms with Gasteiger partial charge in [0.1, 0.15) is 11.5 Å². The molecule has 0 spiro atoms. The van der Waals surface area contributed by atoms with E-state index < -0.39 is 17.5 Å². The molecule has 2 N–H and O–H groups in total. The molecule has 0 aliphatic rings. The first-order valence-corrected chi connectivity index (χ1v) is 9.37. The van der Waals surface area contributed by atoms with Gasteiger partial charge in [0.25, 0.3) is 0 Å². The largest absolute Gasteiger partial charge is 0.462 e. The van der Waals surface area contributed by atoms with Gasteiger partial charge in [-0.3, -0.25) is 4.79 Å². The second-order valence-electron chi connectivity index (χ2n) is 5.82. The molecule has 1 amide bonds. The molecule has 2 aromatic rings. The Labute approximate surface area is 172 Å². The molecule has 2 rings (SSSR count). The Hall–Kier alpha value is -1.79. The minimum Gasteiger partial charge on any atom is -0.462 e. The predicted octanol–water partition coefficient (Wildman–Crippen LogP) is 3.78. The van der Waals surface area contributed by atoms with Gasteiger partial charge in [0.05, 0.1) is 28.8 Å². The second-order valence-corrected chi connectivity index (χ2v) is 6.90. The molecule has 0 heterocycles. The maximum Gasteiger partial charge on any atom is 0.338 e. The molecule has 27 heavy (non-hydrogen) atoms. The predicted molar refractivity (Wildman–Crippen MR) is 105 cm³/mol. The van der Waals surface area contributed by atoms with E-state index in [9.17, 15) is 14.7 Å². The van der Waals surface area contributed by atoms with Crippen molar-refractivity contribution in [2.45, 2.75) is 12.0 Å². The van der Waals surface area contributed by atoms with Crippen molar-refractivity contribution in [2.24, 2.45) is 0 Å². The maximum absolute atomic E-state index is 12.0. The summed E-state index contributed by atoms with van der Waals surface area (Å²) >= 11 is 17.4. The van der Waals surface area contributed by atoms with Crippen molar-refractivity contribution in [1.82, 2.24) is 5.32 Å². The Bertz CT molecular complexity index is 801. The van der Waals surface area contributed by atoms with Crippen molar-refractivity contribution in [3.05, 3.63) is 69.7 Å². The number of aliphatic hydroxyl groups is 1. The molecule has 0 saturated heterocycles. The highest BCUT2D eigenvalue weighted by Gasteiger charge is 2.31. The van der Waals surface area contributed by atoms with Gasteiger partial charge in [0.2, 0.25) is 5.91 Å². The summed E-state index contributed by atoms with van der Waals surface area (Å²) in [5, 5.41) is 14.2.